The van der Waals surface area contributed by atoms with E-state index in [0.29, 0.717) is 0 Å². The van der Waals surface area contributed by atoms with Crippen LogP contribution in [0.4, 0.5) is 0 Å². The van der Waals surface area contributed by atoms with Crippen LogP contribution in [0, 0.1) is 0 Å². The zero-order chi connectivity index (χ0) is 22.2. The fraction of sp³-hybridized carbons (Fsp3) is 0.0714. The van der Waals surface area contributed by atoms with E-state index in [4.69, 9.17) is 0 Å². The van der Waals surface area contributed by atoms with Gasteiger partial charge in [0.2, 0.25) is 0 Å². The number of para-hydroxylation sites is 2. The SMILES string of the molecule is C=C1[N-]C=C(C)c2nc3ccccc3cc21.C=C1[N-]C=C(C)c2nc3ccccc3cc21.[Y]. The van der Waals surface area contributed by atoms with Gasteiger partial charge in [-0.3, -0.25) is 0 Å². The minimum Gasteiger partial charge on any atom is -0.664 e. The second kappa shape index (κ2) is 9.42. The van der Waals surface area contributed by atoms with Gasteiger partial charge in [-0.25, -0.2) is 9.97 Å². The molecule has 0 N–H and O–H groups in total. The smallest absolute Gasteiger partial charge is 0.0709 e. The van der Waals surface area contributed by atoms with Gasteiger partial charge in [-0.05, 0) is 60.4 Å². The van der Waals surface area contributed by atoms with Gasteiger partial charge in [-0.1, -0.05) is 36.4 Å². The van der Waals surface area contributed by atoms with E-state index in [1.807, 2.05) is 62.6 Å². The number of benzene rings is 2. The number of allylic oxidation sites excluding steroid dienone is 2. The van der Waals surface area contributed by atoms with Crippen molar-refractivity contribution in [2.75, 3.05) is 0 Å². The van der Waals surface area contributed by atoms with Gasteiger partial charge in [-0.15, -0.1) is 24.6 Å². The summed E-state index contributed by atoms with van der Waals surface area (Å²) in [5.41, 5.74) is 9.88. The average Bonchev–Trinajstić information content (AvgIpc) is 2.83. The molecule has 2 aromatic heterocycles. The van der Waals surface area contributed by atoms with Gasteiger partial charge in [0.15, 0.2) is 0 Å². The van der Waals surface area contributed by atoms with Crippen molar-refractivity contribution in [3.63, 3.8) is 0 Å². The van der Waals surface area contributed by atoms with Crippen LogP contribution in [-0.4, -0.2) is 9.97 Å². The molecule has 159 valence electrons. The van der Waals surface area contributed by atoms with Crippen molar-refractivity contribution in [1.82, 2.24) is 9.97 Å². The van der Waals surface area contributed by atoms with E-state index < -0.39 is 0 Å². The van der Waals surface area contributed by atoms with Gasteiger partial charge < -0.3 is 10.6 Å². The first kappa shape index (κ1) is 23.1. The molecular formula is C28H22N4Y-2. The molecule has 1 radical (unpaired) electrons. The summed E-state index contributed by atoms with van der Waals surface area (Å²) >= 11 is 0. The first-order valence-corrected chi connectivity index (χ1v) is 10.5. The topological polar surface area (TPSA) is 54.0 Å². The second-order valence-corrected chi connectivity index (χ2v) is 7.93. The fourth-order valence-corrected chi connectivity index (χ4v) is 3.88. The Hall–Kier alpha value is -3.08. The molecule has 0 aliphatic carbocycles. The Morgan fingerprint density at radius 2 is 1.03 bits per heavy atom. The summed E-state index contributed by atoms with van der Waals surface area (Å²) in [5.74, 6) is 0. The van der Waals surface area contributed by atoms with Crippen LogP contribution in [0.25, 0.3) is 55.0 Å². The molecule has 0 fully saturated rings. The van der Waals surface area contributed by atoms with E-state index in [9.17, 15) is 0 Å². The molecule has 33 heavy (non-hydrogen) atoms. The van der Waals surface area contributed by atoms with Crippen molar-refractivity contribution < 1.29 is 32.7 Å². The maximum absolute atomic E-state index is 4.66. The minimum absolute atomic E-state index is 0. The van der Waals surface area contributed by atoms with E-state index in [1.165, 1.54) is 0 Å². The van der Waals surface area contributed by atoms with Crippen LogP contribution in [0.5, 0.6) is 0 Å². The second-order valence-electron chi connectivity index (χ2n) is 7.93. The molecule has 0 amide bonds. The molecule has 5 heteroatoms. The van der Waals surface area contributed by atoms with E-state index >= 15 is 0 Å². The predicted octanol–water partition coefficient (Wildman–Crippen LogP) is 7.90. The van der Waals surface area contributed by atoms with Crippen molar-refractivity contribution in [3.05, 3.63) is 119 Å². The third kappa shape index (κ3) is 4.41. The summed E-state index contributed by atoms with van der Waals surface area (Å²) in [7, 11) is 0. The largest absolute Gasteiger partial charge is 0.664 e. The maximum atomic E-state index is 4.66. The number of fused-ring (bicyclic) bond motifs is 4. The van der Waals surface area contributed by atoms with Gasteiger partial charge in [0.25, 0.3) is 0 Å². The number of rotatable bonds is 0. The van der Waals surface area contributed by atoms with Crippen molar-refractivity contribution in [2.45, 2.75) is 13.8 Å². The molecule has 0 atom stereocenters. The van der Waals surface area contributed by atoms with E-state index in [-0.39, 0.29) is 32.7 Å². The van der Waals surface area contributed by atoms with Crippen LogP contribution in [0.1, 0.15) is 36.4 Å². The molecule has 0 saturated heterocycles. The first-order chi connectivity index (χ1) is 15.5. The Morgan fingerprint density at radius 1 is 0.636 bits per heavy atom. The summed E-state index contributed by atoms with van der Waals surface area (Å²) in [6, 6.07) is 20.4. The van der Waals surface area contributed by atoms with Crippen molar-refractivity contribution >= 4 is 44.3 Å². The van der Waals surface area contributed by atoms with Gasteiger partial charge >= 0.3 is 0 Å². The Balaban J connectivity index is 0.000000152. The quantitative estimate of drug-likeness (QED) is 0.245. The molecule has 4 heterocycles. The Kier molecular flexibility index (Phi) is 6.59. The third-order valence-electron chi connectivity index (χ3n) is 5.64. The number of hydrogen-bond acceptors (Lipinski definition) is 2. The number of nitrogens with zero attached hydrogens (tertiary/aromatic N) is 4. The average molecular weight is 503 g/mol. The van der Waals surface area contributed by atoms with Crippen LogP contribution in [-0.2, 0) is 32.7 Å². The normalized spacial score (nSPS) is 13.9. The molecule has 0 spiro atoms. The Bertz CT molecular complexity index is 1370. The Morgan fingerprint density at radius 3 is 1.45 bits per heavy atom. The zero-order valence-electron chi connectivity index (χ0n) is 18.7. The summed E-state index contributed by atoms with van der Waals surface area (Å²) < 4.78 is 0. The third-order valence-corrected chi connectivity index (χ3v) is 5.64. The van der Waals surface area contributed by atoms with Gasteiger partial charge in [0, 0.05) is 43.5 Å². The molecule has 0 saturated carbocycles. The van der Waals surface area contributed by atoms with Crippen molar-refractivity contribution in [3.8, 4) is 0 Å². The molecule has 4 aromatic rings. The van der Waals surface area contributed by atoms with Crippen LogP contribution >= 0.6 is 0 Å². The van der Waals surface area contributed by atoms with Crippen molar-refractivity contribution in [1.29, 1.82) is 0 Å². The van der Waals surface area contributed by atoms with Crippen LogP contribution in [0.3, 0.4) is 0 Å². The van der Waals surface area contributed by atoms with E-state index in [1.54, 1.807) is 0 Å². The minimum atomic E-state index is 0. The molecule has 0 unspecified atom stereocenters. The molecule has 2 aliphatic rings. The van der Waals surface area contributed by atoms with Crippen LogP contribution in [0.15, 0.2) is 86.2 Å². The number of pyridine rings is 2. The molecule has 0 bridgehead atoms. The molecule has 6 rings (SSSR count). The predicted molar refractivity (Wildman–Crippen MR) is 136 cm³/mol. The molecule has 4 nitrogen and oxygen atoms in total. The van der Waals surface area contributed by atoms with E-state index in [2.05, 4.69) is 58.0 Å². The van der Waals surface area contributed by atoms with Gasteiger partial charge in [0.1, 0.15) is 0 Å². The van der Waals surface area contributed by atoms with Crippen molar-refractivity contribution in [2.24, 2.45) is 0 Å². The zero-order valence-corrected chi connectivity index (χ0v) is 21.5. The number of aromatic nitrogens is 2. The van der Waals surface area contributed by atoms with E-state index in [0.717, 1.165) is 66.9 Å². The van der Waals surface area contributed by atoms with Gasteiger partial charge in [-0.2, -0.15) is 12.4 Å². The monoisotopic (exact) mass is 503 g/mol. The first-order valence-electron chi connectivity index (χ1n) is 10.5. The summed E-state index contributed by atoms with van der Waals surface area (Å²) in [4.78, 5) is 9.32. The summed E-state index contributed by atoms with van der Waals surface area (Å²) in [5, 5.41) is 10.8. The number of hydrogen-bond donors (Lipinski definition) is 0. The van der Waals surface area contributed by atoms with Crippen LogP contribution in [0.2, 0.25) is 0 Å². The summed E-state index contributed by atoms with van der Waals surface area (Å²) in [6.07, 6.45) is 3.65. The molecule has 2 aliphatic heterocycles. The Labute approximate surface area is 219 Å². The molecular weight excluding hydrogens is 481 g/mol. The molecule has 2 aromatic carbocycles. The fourth-order valence-electron chi connectivity index (χ4n) is 3.88. The standard InChI is InChI=1S/2C14H11N2.Y/c2*1-9-8-15-10(2)12-7-11-5-3-4-6-13(11)16-14(9)12;/h2*3-8H,2H2,1H3;/q2*-1;. The summed E-state index contributed by atoms with van der Waals surface area (Å²) in [6.45, 7) is 11.9. The van der Waals surface area contributed by atoms with Gasteiger partial charge in [0.05, 0.1) is 22.4 Å². The van der Waals surface area contributed by atoms with Crippen LogP contribution < -0.4 is 0 Å². The maximum Gasteiger partial charge on any atom is 0.0709 e.